The Morgan fingerprint density at radius 1 is 1.18 bits per heavy atom. The molecule has 5 rings (SSSR count). The molecule has 198 valence electrons. The first-order chi connectivity index (χ1) is 18.8. The number of anilines is 1. The number of pyridine rings is 1. The number of aromatic hydroxyl groups is 1. The number of aliphatic imine (C=N–C) groups is 1. The number of phenolic OH excluding ortho intramolecular Hbond substituents is 1. The fourth-order valence-electron chi connectivity index (χ4n) is 3.86. The Labute approximate surface area is 223 Å². The summed E-state index contributed by atoms with van der Waals surface area (Å²) < 4.78 is 40.8. The Bertz CT molecular complexity index is 1820. The van der Waals surface area contributed by atoms with Crippen LogP contribution in [0.2, 0.25) is 0 Å². The van der Waals surface area contributed by atoms with Gasteiger partial charge >= 0.3 is 0 Å². The van der Waals surface area contributed by atoms with Crippen LogP contribution >= 0.6 is 0 Å². The molecule has 12 nitrogen and oxygen atoms in total. The Hall–Kier alpha value is -4.96. The first-order valence-electron chi connectivity index (χ1n) is 11.8. The predicted octanol–water partition coefficient (Wildman–Crippen LogP) is 3.27. The molecule has 13 heteroatoms. The van der Waals surface area contributed by atoms with E-state index in [1.807, 2.05) is 13.8 Å². The largest absolute Gasteiger partial charge is 0.506 e. The minimum absolute atomic E-state index is 0.0525. The number of fused-ring (bicyclic) bond motifs is 1. The highest BCUT2D eigenvalue weighted by Crippen LogP contribution is 2.37. The Balaban J connectivity index is 1.65. The van der Waals surface area contributed by atoms with E-state index in [0.29, 0.717) is 29.5 Å². The monoisotopic (exact) mass is 545 g/mol. The summed E-state index contributed by atoms with van der Waals surface area (Å²) in [6, 6.07) is 9.67. The van der Waals surface area contributed by atoms with Crippen LogP contribution in [0.1, 0.15) is 24.0 Å². The molecule has 2 N–H and O–H groups in total. The Morgan fingerprint density at radius 3 is 2.77 bits per heavy atom. The number of benzene rings is 1. The minimum Gasteiger partial charge on any atom is -0.506 e. The number of nitrogens with zero attached hydrogens (tertiary/aromatic N) is 6. The maximum absolute atomic E-state index is 12.9. The van der Waals surface area contributed by atoms with E-state index in [1.54, 1.807) is 35.0 Å². The van der Waals surface area contributed by atoms with Crippen LogP contribution in [-0.2, 0) is 20.5 Å². The van der Waals surface area contributed by atoms with Gasteiger partial charge in [-0.2, -0.15) is 0 Å². The zero-order chi connectivity index (χ0) is 27.6. The van der Waals surface area contributed by atoms with E-state index in [0.717, 1.165) is 5.56 Å². The second-order valence-corrected chi connectivity index (χ2v) is 10.1. The van der Waals surface area contributed by atoms with Gasteiger partial charge in [-0.05, 0) is 43.3 Å². The molecule has 0 atom stereocenters. The SMILES string of the molecule is CCOC1=NC(c2nc3nnc(NS(=O)(=O)Cc4ccc(C)cn4)cc3n2-c2c(O)cccc2OC)=C=C=C1. The standard InChI is InChI=1S/C26H23N7O5S/c1-4-38-23-10-5-7-18(28-23)26-29-25-19(33(26)24-20(34)8-6-9-21(24)37-3)13-22(30-31-25)32-39(35,36)15-17-12-11-16(2)14-27-17/h6,8-14,34H,4,15H2,1-3H3,(H,30,32). The maximum atomic E-state index is 12.9. The summed E-state index contributed by atoms with van der Waals surface area (Å²) in [7, 11) is -2.42. The van der Waals surface area contributed by atoms with Crippen LogP contribution in [-0.4, -0.2) is 57.9 Å². The van der Waals surface area contributed by atoms with Crippen LogP contribution in [0.4, 0.5) is 5.82 Å². The van der Waals surface area contributed by atoms with Gasteiger partial charge in [0.15, 0.2) is 17.3 Å². The van der Waals surface area contributed by atoms with Crippen molar-refractivity contribution in [1.82, 2.24) is 24.7 Å². The zero-order valence-electron chi connectivity index (χ0n) is 21.2. The quantitative estimate of drug-likeness (QED) is 0.318. The third kappa shape index (κ3) is 5.36. The van der Waals surface area contributed by atoms with E-state index < -0.39 is 10.0 Å². The number of para-hydroxylation sites is 1. The van der Waals surface area contributed by atoms with Gasteiger partial charge in [-0.1, -0.05) is 17.9 Å². The van der Waals surface area contributed by atoms with E-state index >= 15 is 0 Å². The molecule has 4 aromatic rings. The summed E-state index contributed by atoms with van der Waals surface area (Å²) in [6.45, 7) is 4.08. The third-order valence-electron chi connectivity index (χ3n) is 5.52. The smallest absolute Gasteiger partial charge is 0.239 e. The first-order valence-corrected chi connectivity index (χ1v) is 13.4. The average Bonchev–Trinajstić information content (AvgIpc) is 3.28. The topological polar surface area (TPSA) is 154 Å². The van der Waals surface area contributed by atoms with Crippen molar-refractivity contribution in [3.8, 4) is 17.2 Å². The maximum Gasteiger partial charge on any atom is 0.239 e. The number of nitrogens with one attached hydrogen (secondary N) is 1. The zero-order valence-corrected chi connectivity index (χ0v) is 22.0. The van der Waals surface area contributed by atoms with Crippen molar-refractivity contribution in [1.29, 1.82) is 0 Å². The number of phenols is 1. The van der Waals surface area contributed by atoms with Gasteiger partial charge in [0, 0.05) is 12.3 Å². The summed E-state index contributed by atoms with van der Waals surface area (Å²) in [5, 5.41) is 19.0. The fourth-order valence-corrected chi connectivity index (χ4v) is 4.91. The molecule has 0 unspecified atom stereocenters. The van der Waals surface area contributed by atoms with Crippen LogP contribution in [0.5, 0.6) is 11.5 Å². The Kier molecular flexibility index (Phi) is 6.86. The normalized spacial score (nSPS) is 12.8. The van der Waals surface area contributed by atoms with E-state index in [2.05, 4.69) is 41.3 Å². The second-order valence-electron chi connectivity index (χ2n) is 8.37. The summed E-state index contributed by atoms with van der Waals surface area (Å²) in [5.41, 5.74) is 8.02. The van der Waals surface area contributed by atoms with Gasteiger partial charge in [-0.25, -0.2) is 18.4 Å². The lowest BCUT2D eigenvalue weighted by atomic mass is 10.2. The predicted molar refractivity (Wildman–Crippen MR) is 144 cm³/mol. The second kappa shape index (κ2) is 10.4. The van der Waals surface area contributed by atoms with Gasteiger partial charge in [0.1, 0.15) is 22.9 Å². The van der Waals surface area contributed by atoms with E-state index in [4.69, 9.17) is 9.47 Å². The fraction of sp³-hybridized carbons (Fsp3) is 0.192. The highest BCUT2D eigenvalue weighted by atomic mass is 32.2. The van der Waals surface area contributed by atoms with Crippen molar-refractivity contribution < 1.29 is 23.0 Å². The molecular weight excluding hydrogens is 522 g/mol. The number of aryl methyl sites for hydroxylation is 1. The summed E-state index contributed by atoms with van der Waals surface area (Å²) >= 11 is 0. The highest BCUT2D eigenvalue weighted by molar-refractivity contribution is 7.91. The molecule has 0 aliphatic carbocycles. The van der Waals surface area contributed by atoms with E-state index in [1.165, 1.54) is 25.3 Å². The van der Waals surface area contributed by atoms with Crippen molar-refractivity contribution in [3.63, 3.8) is 0 Å². The number of rotatable bonds is 8. The Morgan fingerprint density at radius 2 is 2.03 bits per heavy atom. The number of ether oxygens (including phenoxy) is 2. The molecule has 0 bridgehead atoms. The van der Waals surface area contributed by atoms with Crippen molar-refractivity contribution in [2.75, 3.05) is 18.4 Å². The summed E-state index contributed by atoms with van der Waals surface area (Å²) in [5.74, 6) is 0.320. The third-order valence-corrected chi connectivity index (χ3v) is 6.72. The molecule has 1 aliphatic heterocycles. The molecule has 0 saturated heterocycles. The van der Waals surface area contributed by atoms with Gasteiger partial charge in [0.05, 0.1) is 31.0 Å². The highest BCUT2D eigenvalue weighted by Gasteiger charge is 2.24. The van der Waals surface area contributed by atoms with E-state index in [9.17, 15) is 13.5 Å². The number of hydrogen-bond acceptors (Lipinski definition) is 10. The molecule has 1 aromatic carbocycles. The molecule has 4 heterocycles. The molecule has 0 spiro atoms. The number of hydrogen-bond donors (Lipinski definition) is 2. The molecule has 39 heavy (non-hydrogen) atoms. The van der Waals surface area contributed by atoms with Crippen molar-refractivity contribution >= 4 is 38.6 Å². The summed E-state index contributed by atoms with van der Waals surface area (Å²) in [4.78, 5) is 13.2. The van der Waals surface area contributed by atoms with Crippen LogP contribution in [0.15, 0.2) is 65.1 Å². The summed E-state index contributed by atoms with van der Waals surface area (Å²) in [6.07, 6.45) is 3.13. The van der Waals surface area contributed by atoms with Crippen LogP contribution in [0.3, 0.4) is 0 Å². The van der Waals surface area contributed by atoms with Crippen molar-refractivity contribution in [3.05, 3.63) is 77.2 Å². The van der Waals surface area contributed by atoms with Gasteiger partial charge in [0.25, 0.3) is 0 Å². The molecule has 0 fully saturated rings. The molecule has 3 aromatic heterocycles. The molecule has 0 radical (unpaired) electrons. The lowest BCUT2D eigenvalue weighted by molar-refractivity contribution is 0.330. The first kappa shape index (κ1) is 25.7. The molecule has 0 saturated carbocycles. The van der Waals surface area contributed by atoms with Crippen molar-refractivity contribution in [2.45, 2.75) is 19.6 Å². The lowest BCUT2D eigenvalue weighted by Gasteiger charge is -2.15. The minimum atomic E-state index is -3.88. The van der Waals surface area contributed by atoms with Gasteiger partial charge in [-0.3, -0.25) is 14.3 Å². The number of methoxy groups -OCH3 is 1. The number of sulfonamides is 1. The van der Waals surface area contributed by atoms with Crippen LogP contribution in [0.25, 0.3) is 22.5 Å². The molecular formula is C26H23N7O5S. The van der Waals surface area contributed by atoms with Gasteiger partial charge in [0.2, 0.25) is 21.6 Å². The van der Waals surface area contributed by atoms with E-state index in [-0.39, 0.29) is 40.2 Å². The number of imidazole rings is 1. The molecule has 1 aliphatic rings. The molecule has 0 amide bonds. The van der Waals surface area contributed by atoms with Gasteiger partial charge in [-0.15, -0.1) is 10.2 Å². The van der Waals surface area contributed by atoms with Gasteiger partial charge < -0.3 is 14.6 Å². The van der Waals surface area contributed by atoms with Crippen molar-refractivity contribution in [2.24, 2.45) is 4.99 Å². The number of aromatic nitrogens is 5. The lowest BCUT2D eigenvalue weighted by Crippen LogP contribution is -2.17. The van der Waals surface area contributed by atoms with Crippen LogP contribution in [0, 0.1) is 6.92 Å². The average molecular weight is 546 g/mol. The van der Waals surface area contributed by atoms with Crippen LogP contribution < -0.4 is 9.46 Å².